The van der Waals surface area contributed by atoms with Gasteiger partial charge in [-0.15, -0.1) is 0 Å². The molecule has 4 nitrogen and oxygen atoms in total. The number of aryl methyl sites for hydroxylation is 1. The van der Waals surface area contributed by atoms with Crippen LogP contribution in [-0.4, -0.2) is 14.7 Å². The third-order valence-electron chi connectivity index (χ3n) is 1.66. The van der Waals surface area contributed by atoms with Crippen molar-refractivity contribution in [2.24, 2.45) is 0 Å². The summed E-state index contributed by atoms with van der Waals surface area (Å²) in [5.41, 5.74) is 1.46. The zero-order valence-electron chi connectivity index (χ0n) is 9.21. The van der Waals surface area contributed by atoms with E-state index in [0.717, 1.165) is 0 Å². The number of hydrogen-bond donors (Lipinski definition) is 3. The Kier molecular flexibility index (Phi) is 11.1. The molecular formula is C10H19O4PS. The maximum Gasteiger partial charge on any atom is 0.466 e. The van der Waals surface area contributed by atoms with E-state index in [4.69, 9.17) is 19.2 Å². The highest BCUT2D eigenvalue weighted by Gasteiger charge is 2.00. The molecule has 1 aromatic rings. The molecule has 0 fully saturated rings. The van der Waals surface area contributed by atoms with Crippen LogP contribution in [0, 0.1) is 0 Å². The molecule has 0 aliphatic carbocycles. The molecule has 0 aliphatic rings. The van der Waals surface area contributed by atoms with Crippen molar-refractivity contribution in [1.29, 1.82) is 0 Å². The van der Waals surface area contributed by atoms with Gasteiger partial charge in [-0.2, -0.15) is 13.5 Å². The Hall–Kier alpha value is -0.320. The van der Waals surface area contributed by atoms with E-state index in [9.17, 15) is 0 Å². The first-order chi connectivity index (χ1) is 6.93. The molecule has 0 amide bonds. The lowest BCUT2D eigenvalue weighted by Crippen LogP contribution is -1.81. The van der Waals surface area contributed by atoms with Crippen LogP contribution in [0.1, 0.15) is 25.3 Å². The van der Waals surface area contributed by atoms with Crippen molar-refractivity contribution >= 4 is 21.3 Å². The minimum atomic E-state index is -4.64. The molecule has 0 saturated carbocycles. The fourth-order valence-electron chi connectivity index (χ4n) is 1.03. The van der Waals surface area contributed by atoms with E-state index >= 15 is 0 Å². The maximum absolute atomic E-state index is 8.88. The van der Waals surface area contributed by atoms with E-state index in [1.54, 1.807) is 0 Å². The molecule has 0 heterocycles. The van der Waals surface area contributed by atoms with Crippen molar-refractivity contribution in [3.8, 4) is 0 Å². The van der Waals surface area contributed by atoms with Gasteiger partial charge >= 0.3 is 7.82 Å². The molecular weight excluding hydrogens is 247 g/mol. The van der Waals surface area contributed by atoms with Crippen LogP contribution in [0.25, 0.3) is 0 Å². The molecule has 0 radical (unpaired) electrons. The van der Waals surface area contributed by atoms with Crippen molar-refractivity contribution < 1.29 is 19.2 Å². The molecule has 3 N–H and O–H groups in total. The average molecular weight is 266 g/mol. The Morgan fingerprint density at radius 3 is 1.94 bits per heavy atom. The van der Waals surface area contributed by atoms with Crippen LogP contribution >= 0.6 is 21.3 Å². The number of hydrogen-bond acceptors (Lipinski definition) is 1. The fraction of sp³-hybridized carbons (Fsp3) is 0.400. The Morgan fingerprint density at radius 2 is 1.56 bits per heavy atom. The summed E-state index contributed by atoms with van der Waals surface area (Å²) in [5.74, 6) is 0. The number of phosphoric acid groups is 1. The zero-order valence-corrected chi connectivity index (χ0v) is 11.1. The number of benzene rings is 1. The predicted octanol–water partition coefficient (Wildman–Crippen LogP) is 2.21. The molecule has 1 aromatic carbocycles. The molecule has 94 valence electrons. The largest absolute Gasteiger partial charge is 0.466 e. The number of unbranched alkanes of at least 4 members (excludes halogenated alkanes) is 1. The second-order valence-electron chi connectivity index (χ2n) is 3.10. The van der Waals surface area contributed by atoms with Gasteiger partial charge in [-0.1, -0.05) is 43.7 Å². The van der Waals surface area contributed by atoms with Crippen LogP contribution in [0.4, 0.5) is 0 Å². The minimum absolute atomic E-state index is 0. The Balaban J connectivity index is 0. The summed E-state index contributed by atoms with van der Waals surface area (Å²) in [5, 5.41) is 0. The molecule has 16 heavy (non-hydrogen) atoms. The predicted molar refractivity (Wildman–Crippen MR) is 69.7 cm³/mol. The molecule has 6 heteroatoms. The molecule has 0 aromatic heterocycles. The van der Waals surface area contributed by atoms with Gasteiger partial charge in [0.2, 0.25) is 0 Å². The van der Waals surface area contributed by atoms with Crippen LogP contribution in [0.15, 0.2) is 30.3 Å². The van der Waals surface area contributed by atoms with E-state index in [0.29, 0.717) is 0 Å². The summed E-state index contributed by atoms with van der Waals surface area (Å²) in [4.78, 5) is 21.6. The Morgan fingerprint density at radius 1 is 1.12 bits per heavy atom. The highest BCUT2D eigenvalue weighted by Crippen LogP contribution is 2.25. The van der Waals surface area contributed by atoms with Gasteiger partial charge in [-0.3, -0.25) is 0 Å². The van der Waals surface area contributed by atoms with Gasteiger partial charge < -0.3 is 14.7 Å². The molecule has 0 saturated heterocycles. The van der Waals surface area contributed by atoms with Crippen LogP contribution in [0.5, 0.6) is 0 Å². The van der Waals surface area contributed by atoms with E-state index in [1.165, 1.54) is 24.8 Å². The van der Waals surface area contributed by atoms with Crippen molar-refractivity contribution in [3.05, 3.63) is 35.9 Å². The first kappa shape index (κ1) is 18.1. The zero-order chi connectivity index (χ0) is 11.7. The minimum Gasteiger partial charge on any atom is -0.303 e. The van der Waals surface area contributed by atoms with E-state index in [-0.39, 0.29) is 13.5 Å². The summed E-state index contributed by atoms with van der Waals surface area (Å²) >= 11 is 0. The van der Waals surface area contributed by atoms with Gasteiger partial charge in [0.25, 0.3) is 0 Å². The first-order valence-electron chi connectivity index (χ1n) is 4.75. The van der Waals surface area contributed by atoms with Crippen molar-refractivity contribution in [3.63, 3.8) is 0 Å². The lowest BCUT2D eigenvalue weighted by atomic mass is 10.1. The van der Waals surface area contributed by atoms with Crippen LogP contribution in [0.2, 0.25) is 0 Å². The van der Waals surface area contributed by atoms with Gasteiger partial charge in [0.15, 0.2) is 0 Å². The molecule has 0 aliphatic heterocycles. The number of rotatable bonds is 3. The normalized spacial score (nSPS) is 9.75. The fourth-order valence-corrected chi connectivity index (χ4v) is 1.03. The monoisotopic (exact) mass is 266 g/mol. The van der Waals surface area contributed by atoms with E-state index in [2.05, 4.69) is 37.3 Å². The summed E-state index contributed by atoms with van der Waals surface area (Å²) in [7, 11) is -4.64. The van der Waals surface area contributed by atoms with Crippen molar-refractivity contribution in [1.82, 2.24) is 0 Å². The lowest BCUT2D eigenvalue weighted by Gasteiger charge is -1.96. The summed E-state index contributed by atoms with van der Waals surface area (Å²) in [6, 6.07) is 10.6. The third-order valence-corrected chi connectivity index (χ3v) is 1.66. The highest BCUT2D eigenvalue weighted by atomic mass is 32.1. The van der Waals surface area contributed by atoms with Crippen LogP contribution in [0.3, 0.4) is 0 Å². The third kappa shape index (κ3) is 16.1. The maximum atomic E-state index is 8.88. The van der Waals surface area contributed by atoms with Gasteiger partial charge in [0.05, 0.1) is 0 Å². The van der Waals surface area contributed by atoms with Crippen molar-refractivity contribution in [2.45, 2.75) is 26.2 Å². The van der Waals surface area contributed by atoms with Crippen molar-refractivity contribution in [2.75, 3.05) is 0 Å². The van der Waals surface area contributed by atoms with Gasteiger partial charge in [-0.25, -0.2) is 4.57 Å². The molecule has 0 atom stereocenters. The summed E-state index contributed by atoms with van der Waals surface area (Å²) < 4.78 is 8.88. The average Bonchev–Trinajstić information content (AvgIpc) is 2.14. The van der Waals surface area contributed by atoms with E-state index < -0.39 is 7.82 Å². The van der Waals surface area contributed by atoms with Gasteiger partial charge in [-0.05, 0) is 18.4 Å². The van der Waals surface area contributed by atoms with E-state index in [1.807, 2.05) is 0 Å². The molecule has 0 unspecified atom stereocenters. The SMILES string of the molecule is CCCCc1ccccc1.O=P(O)(O)O.S. The Labute approximate surface area is 103 Å². The molecule has 0 bridgehead atoms. The lowest BCUT2D eigenvalue weighted by molar-refractivity contribution is 0.275. The Bertz CT molecular complexity index is 291. The first-order valence-corrected chi connectivity index (χ1v) is 6.32. The second-order valence-corrected chi connectivity index (χ2v) is 4.13. The molecule has 1 rings (SSSR count). The molecule has 0 spiro atoms. The van der Waals surface area contributed by atoms with Crippen LogP contribution in [-0.2, 0) is 11.0 Å². The highest BCUT2D eigenvalue weighted by molar-refractivity contribution is 7.59. The summed E-state index contributed by atoms with van der Waals surface area (Å²) in [6.45, 7) is 2.23. The van der Waals surface area contributed by atoms with Crippen LogP contribution < -0.4 is 0 Å². The quantitative estimate of drug-likeness (QED) is 0.733. The van der Waals surface area contributed by atoms with Gasteiger partial charge in [0.1, 0.15) is 0 Å². The standard InChI is InChI=1S/C10H14.H3O4P.H2S/c1-2-3-7-10-8-5-4-6-9-10;1-5(2,3)4;/h4-6,8-9H,2-3,7H2,1H3;(H3,1,2,3,4);1H2. The smallest absolute Gasteiger partial charge is 0.303 e. The van der Waals surface area contributed by atoms with Gasteiger partial charge in [0, 0.05) is 0 Å². The second kappa shape index (κ2) is 9.87. The summed E-state index contributed by atoms with van der Waals surface area (Å²) in [6.07, 6.45) is 3.83. The topological polar surface area (TPSA) is 77.8 Å².